The monoisotopic (exact) mass is 620 g/mol. The molecule has 0 unspecified atom stereocenters. The predicted octanol–water partition coefficient (Wildman–Crippen LogP) is -1.67. The molecule has 0 aromatic carbocycles. The first-order chi connectivity index (χ1) is 19.3. The quantitative estimate of drug-likeness (QED) is 0.0916. The smallest absolute Gasteiger partial charge is 0.303 e. The Morgan fingerprint density at radius 3 is 0.476 bits per heavy atom. The van der Waals surface area contributed by atoms with Gasteiger partial charge in [0.05, 0.1) is 25.7 Å². The van der Waals surface area contributed by atoms with Crippen molar-refractivity contribution in [3.05, 3.63) is 0 Å². The zero-order valence-corrected chi connectivity index (χ0v) is 23.1. The summed E-state index contributed by atoms with van der Waals surface area (Å²) in [6.45, 7) is 2.39. The Morgan fingerprint density at radius 1 is 0.286 bits per heavy atom. The highest BCUT2D eigenvalue weighted by atomic mass is 16.4. The SMILES string of the molecule is NCCN.NCCN.O=C(O)CCC(=O)O.O=C(O)CCC(=O)O.O=C(O)CCCC(=O)O.O=C(O)CCCC(=O)O. The molecule has 42 heavy (non-hydrogen) atoms. The fourth-order valence-electron chi connectivity index (χ4n) is 1.21. The third-order valence-corrected chi connectivity index (χ3v) is 3.00. The second-order valence-electron chi connectivity index (χ2n) is 7.01. The Hall–Kier alpha value is -4.40. The molecule has 0 rings (SSSR count). The second-order valence-corrected chi connectivity index (χ2v) is 7.01. The van der Waals surface area contributed by atoms with Gasteiger partial charge in [0.1, 0.15) is 0 Å². The average molecular weight is 621 g/mol. The van der Waals surface area contributed by atoms with Crippen LogP contribution in [0.4, 0.5) is 0 Å². The zero-order valence-electron chi connectivity index (χ0n) is 23.1. The Bertz CT molecular complexity index is 641. The van der Waals surface area contributed by atoms with E-state index in [1.807, 2.05) is 0 Å². The van der Waals surface area contributed by atoms with Crippen LogP contribution in [-0.2, 0) is 38.4 Å². The third-order valence-electron chi connectivity index (χ3n) is 3.00. The molecular weight excluding hydrogens is 576 g/mol. The van der Waals surface area contributed by atoms with E-state index in [0.717, 1.165) is 0 Å². The number of aliphatic carboxylic acids is 8. The minimum atomic E-state index is -1.08. The lowest BCUT2D eigenvalue weighted by Gasteiger charge is -1.89. The lowest BCUT2D eigenvalue weighted by molar-refractivity contribution is -0.143. The van der Waals surface area contributed by atoms with E-state index in [9.17, 15) is 38.4 Å². The number of nitrogens with two attached hydrogens (primary N) is 4. The molecule has 20 nitrogen and oxygen atoms in total. The van der Waals surface area contributed by atoms with Gasteiger partial charge in [-0.1, -0.05) is 0 Å². The topological polar surface area (TPSA) is 402 Å². The van der Waals surface area contributed by atoms with Crippen LogP contribution in [0, 0.1) is 0 Å². The van der Waals surface area contributed by atoms with Crippen molar-refractivity contribution in [1.29, 1.82) is 0 Å². The zero-order chi connectivity index (χ0) is 34.5. The molecule has 0 fully saturated rings. The van der Waals surface area contributed by atoms with E-state index >= 15 is 0 Å². The Morgan fingerprint density at radius 2 is 0.405 bits per heavy atom. The van der Waals surface area contributed by atoms with E-state index in [-0.39, 0.29) is 64.2 Å². The Labute approximate surface area is 240 Å². The summed E-state index contributed by atoms with van der Waals surface area (Å²) < 4.78 is 0. The summed E-state index contributed by atoms with van der Waals surface area (Å²) in [5.41, 5.74) is 19.6. The van der Waals surface area contributed by atoms with Gasteiger partial charge in [0, 0.05) is 51.9 Å². The van der Waals surface area contributed by atoms with E-state index in [0.29, 0.717) is 26.2 Å². The van der Waals surface area contributed by atoms with Gasteiger partial charge >= 0.3 is 47.8 Å². The van der Waals surface area contributed by atoms with Crippen LogP contribution in [0.3, 0.4) is 0 Å². The molecule has 0 aromatic rings. The van der Waals surface area contributed by atoms with E-state index in [1.165, 1.54) is 0 Å². The average Bonchev–Trinajstić information content (AvgIpc) is 2.87. The first-order valence-electron chi connectivity index (χ1n) is 11.9. The summed E-state index contributed by atoms with van der Waals surface area (Å²) in [6.07, 6.45) is -1.01. The van der Waals surface area contributed by atoms with E-state index in [1.54, 1.807) is 0 Å². The molecule has 0 aliphatic carbocycles. The molecule has 20 heteroatoms. The minimum absolute atomic E-state index is 0.0632. The van der Waals surface area contributed by atoms with Crippen LogP contribution in [0.2, 0.25) is 0 Å². The molecule has 0 spiro atoms. The first-order valence-corrected chi connectivity index (χ1v) is 11.9. The van der Waals surface area contributed by atoms with Gasteiger partial charge in [-0.25, -0.2) is 0 Å². The third kappa shape index (κ3) is 111. The van der Waals surface area contributed by atoms with Crippen molar-refractivity contribution < 1.29 is 79.2 Å². The highest BCUT2D eigenvalue weighted by Gasteiger charge is 2.02. The van der Waals surface area contributed by atoms with Crippen LogP contribution in [0.5, 0.6) is 0 Å². The number of carbonyl (C=O) groups is 8. The summed E-state index contributed by atoms with van der Waals surface area (Å²) in [6, 6.07) is 0. The van der Waals surface area contributed by atoms with Crippen molar-refractivity contribution >= 4 is 47.8 Å². The summed E-state index contributed by atoms with van der Waals surface area (Å²) >= 11 is 0. The maximum Gasteiger partial charge on any atom is 0.303 e. The molecule has 0 aromatic heterocycles. The van der Waals surface area contributed by atoms with Gasteiger partial charge < -0.3 is 63.8 Å². The van der Waals surface area contributed by atoms with Crippen LogP contribution < -0.4 is 22.9 Å². The second kappa shape index (κ2) is 41.1. The lowest BCUT2D eigenvalue weighted by atomic mass is 10.2. The molecule has 0 atom stereocenters. The van der Waals surface area contributed by atoms with Gasteiger partial charge in [-0.05, 0) is 12.8 Å². The number of hydrogen-bond donors (Lipinski definition) is 12. The number of carboxylic acid groups (broad SMARTS) is 8. The van der Waals surface area contributed by atoms with Crippen LogP contribution in [-0.4, -0.2) is 115 Å². The summed E-state index contributed by atoms with van der Waals surface area (Å²) in [4.78, 5) is 77.7. The summed E-state index contributed by atoms with van der Waals surface area (Å²) in [7, 11) is 0. The molecule has 0 saturated heterocycles. The molecule has 0 bridgehead atoms. The van der Waals surface area contributed by atoms with E-state index in [4.69, 9.17) is 63.8 Å². The van der Waals surface area contributed by atoms with Crippen LogP contribution in [0.15, 0.2) is 0 Å². The van der Waals surface area contributed by atoms with Crippen molar-refractivity contribution in [2.75, 3.05) is 26.2 Å². The van der Waals surface area contributed by atoms with Crippen molar-refractivity contribution in [3.8, 4) is 0 Å². The van der Waals surface area contributed by atoms with Gasteiger partial charge in [0.15, 0.2) is 0 Å². The van der Waals surface area contributed by atoms with Crippen LogP contribution in [0.1, 0.15) is 64.2 Å². The van der Waals surface area contributed by atoms with Crippen molar-refractivity contribution in [2.45, 2.75) is 64.2 Å². The van der Waals surface area contributed by atoms with E-state index in [2.05, 4.69) is 0 Å². The molecule has 0 amide bonds. The minimum Gasteiger partial charge on any atom is -0.481 e. The fraction of sp³-hybridized carbons (Fsp3) is 0.636. The number of rotatable bonds is 16. The number of carboxylic acids is 8. The molecular formula is C22H44N4O16. The fourth-order valence-corrected chi connectivity index (χ4v) is 1.21. The molecule has 0 saturated carbocycles. The van der Waals surface area contributed by atoms with Crippen LogP contribution >= 0.6 is 0 Å². The van der Waals surface area contributed by atoms with Crippen LogP contribution in [0.25, 0.3) is 0 Å². The first kappa shape index (κ1) is 50.4. The molecule has 0 radical (unpaired) electrons. The highest BCUT2D eigenvalue weighted by Crippen LogP contribution is 1.94. The molecule has 0 aliphatic rings. The van der Waals surface area contributed by atoms with Gasteiger partial charge in [-0.15, -0.1) is 0 Å². The normalized spacial score (nSPS) is 8.48. The Balaban J connectivity index is -0.0000000949. The standard InChI is InChI=1S/2C5H8O4.2C4H6O4.2C2H8N2/c2*6-4(7)2-1-3-5(8)9;2*5-3(6)1-2-4(7)8;2*3-1-2-4/h2*1-3H2,(H,6,7)(H,8,9);2*1-2H2,(H,5,6)(H,7,8);2*1-4H2. The van der Waals surface area contributed by atoms with Gasteiger partial charge in [0.2, 0.25) is 0 Å². The number of hydrogen-bond acceptors (Lipinski definition) is 12. The van der Waals surface area contributed by atoms with E-state index < -0.39 is 47.8 Å². The van der Waals surface area contributed by atoms with Crippen molar-refractivity contribution in [3.63, 3.8) is 0 Å². The van der Waals surface area contributed by atoms with Gasteiger partial charge in [-0.3, -0.25) is 38.4 Å². The maximum atomic E-state index is 9.79. The lowest BCUT2D eigenvalue weighted by Crippen LogP contribution is -2.11. The van der Waals surface area contributed by atoms with Gasteiger partial charge in [0.25, 0.3) is 0 Å². The van der Waals surface area contributed by atoms with Gasteiger partial charge in [-0.2, -0.15) is 0 Å². The molecule has 0 aliphatic heterocycles. The Kier molecular flexibility index (Phi) is 49.3. The molecule has 248 valence electrons. The molecule has 0 heterocycles. The summed E-state index contributed by atoms with van der Waals surface area (Å²) in [5.74, 6) is -8.10. The molecule has 16 N–H and O–H groups in total. The largest absolute Gasteiger partial charge is 0.481 e. The van der Waals surface area contributed by atoms with Crippen molar-refractivity contribution in [1.82, 2.24) is 0 Å². The predicted molar refractivity (Wildman–Crippen MR) is 143 cm³/mol. The summed E-state index contributed by atoms with van der Waals surface area (Å²) in [5, 5.41) is 63.7. The van der Waals surface area contributed by atoms with Crippen molar-refractivity contribution in [2.24, 2.45) is 22.9 Å². The highest BCUT2D eigenvalue weighted by molar-refractivity contribution is 5.75. The maximum absolute atomic E-state index is 9.79.